The molecule has 0 saturated heterocycles. The predicted octanol–water partition coefficient (Wildman–Crippen LogP) is 4.97. The van der Waals surface area contributed by atoms with Crippen molar-refractivity contribution in [1.29, 1.82) is 0 Å². The molecule has 2 aromatic carbocycles. The summed E-state index contributed by atoms with van der Waals surface area (Å²) in [7, 11) is 0. The minimum Gasteiger partial charge on any atom is -0.462 e. The number of hydrogen-bond acceptors (Lipinski definition) is 3. The molecule has 0 aliphatic rings. The van der Waals surface area contributed by atoms with Gasteiger partial charge in [0.2, 0.25) is 0 Å². The Morgan fingerprint density at radius 2 is 1.88 bits per heavy atom. The first-order chi connectivity index (χ1) is 11.9. The predicted molar refractivity (Wildman–Crippen MR) is 92.5 cm³/mol. The smallest absolute Gasteiger partial charge is 0.338 e. The van der Waals surface area contributed by atoms with E-state index in [0.717, 1.165) is 17.3 Å². The van der Waals surface area contributed by atoms with E-state index >= 15 is 0 Å². The molecule has 0 aliphatic heterocycles. The normalized spacial score (nSPS) is 10.9. The summed E-state index contributed by atoms with van der Waals surface area (Å²) >= 11 is 0. The maximum absolute atomic E-state index is 14.4. The number of aromatic nitrogens is 1. The Kier molecular flexibility index (Phi) is 4.49. The fourth-order valence-corrected chi connectivity index (χ4v) is 2.86. The third-order valence-electron chi connectivity index (χ3n) is 4.18. The van der Waals surface area contributed by atoms with Gasteiger partial charge in [-0.1, -0.05) is 0 Å². The minimum absolute atomic E-state index is 0.265. The number of benzene rings is 2. The summed E-state index contributed by atoms with van der Waals surface area (Å²) in [6.07, 6.45) is 0. The Hall–Kier alpha value is -2.82. The van der Waals surface area contributed by atoms with Gasteiger partial charge >= 0.3 is 5.97 Å². The van der Waals surface area contributed by atoms with Crippen LogP contribution in [0.2, 0.25) is 0 Å². The van der Waals surface area contributed by atoms with Crippen molar-refractivity contribution in [2.75, 3.05) is 6.61 Å². The molecule has 0 radical (unpaired) electrons. The zero-order valence-corrected chi connectivity index (χ0v) is 14.2. The standard InChI is InChI=1S/C20H17F2NO2/c1-4-25-20(24)13-5-8-18-16(9-13)19(11(2)12(3)23-18)15-7-6-14(21)10-17(15)22/h5-10H,4H2,1-3H3. The lowest BCUT2D eigenvalue weighted by Gasteiger charge is -2.14. The van der Waals surface area contributed by atoms with Crippen molar-refractivity contribution in [3.8, 4) is 11.1 Å². The Morgan fingerprint density at radius 1 is 1.12 bits per heavy atom. The van der Waals surface area contributed by atoms with E-state index in [4.69, 9.17) is 4.74 Å². The van der Waals surface area contributed by atoms with Crippen molar-refractivity contribution >= 4 is 16.9 Å². The molecule has 128 valence electrons. The van der Waals surface area contributed by atoms with Gasteiger partial charge in [-0.25, -0.2) is 13.6 Å². The molecular weight excluding hydrogens is 324 g/mol. The van der Waals surface area contributed by atoms with Crippen LogP contribution in [-0.4, -0.2) is 17.6 Å². The van der Waals surface area contributed by atoms with Gasteiger partial charge < -0.3 is 4.74 Å². The zero-order valence-electron chi connectivity index (χ0n) is 14.2. The van der Waals surface area contributed by atoms with Crippen LogP contribution in [0, 0.1) is 25.5 Å². The third-order valence-corrected chi connectivity index (χ3v) is 4.18. The van der Waals surface area contributed by atoms with Gasteiger partial charge in [-0.3, -0.25) is 4.98 Å². The number of hydrogen-bond donors (Lipinski definition) is 0. The molecule has 0 fully saturated rings. The van der Waals surface area contributed by atoms with Gasteiger partial charge in [0.25, 0.3) is 0 Å². The summed E-state index contributed by atoms with van der Waals surface area (Å²) in [5.41, 5.74) is 3.40. The number of ether oxygens (including phenoxy) is 1. The lowest BCUT2D eigenvalue weighted by atomic mass is 9.94. The highest BCUT2D eigenvalue weighted by Gasteiger charge is 2.17. The quantitative estimate of drug-likeness (QED) is 0.631. The fourth-order valence-electron chi connectivity index (χ4n) is 2.86. The lowest BCUT2D eigenvalue weighted by molar-refractivity contribution is 0.0526. The second-order valence-corrected chi connectivity index (χ2v) is 5.77. The number of rotatable bonds is 3. The molecule has 0 atom stereocenters. The average molecular weight is 341 g/mol. The summed E-state index contributed by atoms with van der Waals surface area (Å²) in [4.78, 5) is 16.5. The van der Waals surface area contributed by atoms with Gasteiger partial charge in [0, 0.05) is 22.7 Å². The van der Waals surface area contributed by atoms with E-state index in [-0.39, 0.29) is 12.2 Å². The van der Waals surface area contributed by atoms with Crippen LogP contribution in [0.3, 0.4) is 0 Å². The van der Waals surface area contributed by atoms with Gasteiger partial charge in [0.15, 0.2) is 0 Å². The molecule has 5 heteroatoms. The molecule has 0 amide bonds. The monoisotopic (exact) mass is 341 g/mol. The second kappa shape index (κ2) is 6.59. The van der Waals surface area contributed by atoms with Crippen LogP contribution >= 0.6 is 0 Å². The number of esters is 1. The van der Waals surface area contributed by atoms with Crippen LogP contribution in [0.1, 0.15) is 28.5 Å². The van der Waals surface area contributed by atoms with E-state index in [0.29, 0.717) is 22.0 Å². The van der Waals surface area contributed by atoms with Crippen LogP contribution in [0.25, 0.3) is 22.0 Å². The Bertz CT molecular complexity index is 983. The number of halogens is 2. The number of pyridine rings is 1. The molecule has 3 rings (SSSR count). The second-order valence-electron chi connectivity index (χ2n) is 5.77. The Balaban J connectivity index is 2.33. The van der Waals surface area contributed by atoms with Gasteiger partial charge in [0.1, 0.15) is 11.6 Å². The first-order valence-corrected chi connectivity index (χ1v) is 7.96. The van der Waals surface area contributed by atoms with Gasteiger partial charge in [0.05, 0.1) is 17.7 Å². The zero-order chi connectivity index (χ0) is 18.1. The SMILES string of the molecule is CCOC(=O)c1ccc2nc(C)c(C)c(-c3ccc(F)cc3F)c2c1. The topological polar surface area (TPSA) is 39.2 Å². The number of nitrogens with zero attached hydrogens (tertiary/aromatic N) is 1. The minimum atomic E-state index is -0.656. The van der Waals surface area contributed by atoms with E-state index in [1.54, 1.807) is 25.1 Å². The summed E-state index contributed by atoms with van der Waals surface area (Å²) < 4.78 is 32.7. The summed E-state index contributed by atoms with van der Waals surface area (Å²) in [6, 6.07) is 8.46. The maximum Gasteiger partial charge on any atom is 0.338 e. The van der Waals surface area contributed by atoms with Gasteiger partial charge in [-0.15, -0.1) is 0 Å². The fraction of sp³-hybridized carbons (Fsp3) is 0.200. The number of carbonyl (C=O) groups is 1. The van der Waals surface area contributed by atoms with Gasteiger partial charge in [-0.2, -0.15) is 0 Å². The lowest BCUT2D eigenvalue weighted by Crippen LogP contribution is -2.05. The van der Waals surface area contributed by atoms with Crippen LogP contribution < -0.4 is 0 Å². The molecule has 0 unspecified atom stereocenters. The van der Waals surface area contributed by atoms with E-state index < -0.39 is 17.6 Å². The summed E-state index contributed by atoms with van der Waals surface area (Å²) in [6.45, 7) is 5.66. The summed E-state index contributed by atoms with van der Waals surface area (Å²) in [5, 5.41) is 0.624. The first kappa shape index (κ1) is 17.0. The average Bonchev–Trinajstić information content (AvgIpc) is 2.57. The summed E-state index contributed by atoms with van der Waals surface area (Å²) in [5.74, 6) is -1.74. The maximum atomic E-state index is 14.4. The van der Waals surface area contributed by atoms with Crippen molar-refractivity contribution in [1.82, 2.24) is 4.98 Å². The molecule has 3 aromatic rings. The number of aryl methyl sites for hydroxylation is 1. The van der Waals surface area contributed by atoms with E-state index in [2.05, 4.69) is 4.98 Å². The number of fused-ring (bicyclic) bond motifs is 1. The molecule has 0 saturated carbocycles. The van der Waals surface area contributed by atoms with Crippen LogP contribution in [0.4, 0.5) is 8.78 Å². The molecule has 25 heavy (non-hydrogen) atoms. The van der Waals surface area contributed by atoms with E-state index in [9.17, 15) is 13.6 Å². The highest BCUT2D eigenvalue weighted by atomic mass is 19.1. The highest BCUT2D eigenvalue weighted by molar-refractivity contribution is 6.01. The van der Waals surface area contributed by atoms with Crippen LogP contribution in [0.15, 0.2) is 36.4 Å². The Labute approximate surface area is 144 Å². The molecule has 3 nitrogen and oxygen atoms in total. The van der Waals surface area contributed by atoms with Gasteiger partial charge in [-0.05, 0) is 62.2 Å². The number of carbonyl (C=O) groups excluding carboxylic acids is 1. The molecule has 0 bridgehead atoms. The van der Waals surface area contributed by atoms with Crippen molar-refractivity contribution in [3.05, 3.63) is 64.9 Å². The molecule has 0 N–H and O–H groups in total. The van der Waals surface area contributed by atoms with Crippen LogP contribution in [-0.2, 0) is 4.74 Å². The van der Waals surface area contributed by atoms with E-state index in [1.807, 2.05) is 13.8 Å². The van der Waals surface area contributed by atoms with Crippen molar-refractivity contribution < 1.29 is 18.3 Å². The third kappa shape index (κ3) is 3.09. The van der Waals surface area contributed by atoms with Crippen molar-refractivity contribution in [2.45, 2.75) is 20.8 Å². The molecular formula is C20H17F2NO2. The largest absolute Gasteiger partial charge is 0.462 e. The highest BCUT2D eigenvalue weighted by Crippen LogP contribution is 2.35. The van der Waals surface area contributed by atoms with Crippen LogP contribution in [0.5, 0.6) is 0 Å². The molecule has 0 aliphatic carbocycles. The molecule has 1 aromatic heterocycles. The van der Waals surface area contributed by atoms with E-state index in [1.165, 1.54) is 12.1 Å². The van der Waals surface area contributed by atoms with Crippen molar-refractivity contribution in [2.24, 2.45) is 0 Å². The Morgan fingerprint density at radius 3 is 2.56 bits per heavy atom. The first-order valence-electron chi connectivity index (χ1n) is 7.96. The molecule has 1 heterocycles. The van der Waals surface area contributed by atoms with Crippen molar-refractivity contribution in [3.63, 3.8) is 0 Å². The molecule has 0 spiro atoms.